The van der Waals surface area contributed by atoms with E-state index < -0.39 is 0 Å². The van der Waals surface area contributed by atoms with Gasteiger partial charge >= 0.3 is 0 Å². The molecule has 2 heterocycles. The number of ether oxygens (including phenoxy) is 2. The topological polar surface area (TPSA) is 38.8 Å². The Balaban J connectivity index is 1.62. The second kappa shape index (κ2) is 11.1. The Morgan fingerprint density at radius 1 is 1.07 bits per heavy atom. The molecule has 0 spiro atoms. The van der Waals surface area contributed by atoms with Gasteiger partial charge in [-0.1, -0.05) is 39.0 Å². The van der Waals surface area contributed by atoms with Crippen LogP contribution in [0.25, 0.3) is 0 Å². The lowest BCUT2D eigenvalue weighted by Crippen LogP contribution is -2.41. The molecule has 0 aromatic rings. The van der Waals surface area contributed by atoms with Crippen molar-refractivity contribution in [2.75, 3.05) is 26.3 Å². The van der Waals surface area contributed by atoms with Crippen molar-refractivity contribution < 1.29 is 14.3 Å². The lowest BCUT2D eigenvalue weighted by molar-refractivity contribution is -0.133. The monoisotopic (exact) mass is 407 g/mol. The Bertz CT molecular complexity index is 494. The average Bonchev–Trinajstić information content (AvgIpc) is 3.22. The molecule has 3 fully saturated rings. The Kier molecular flexibility index (Phi) is 8.85. The number of carbonyl (C=O) groups excluding carboxylic acids is 1. The maximum absolute atomic E-state index is 12.6. The molecule has 1 aliphatic carbocycles. The van der Waals surface area contributed by atoms with Crippen LogP contribution in [-0.4, -0.2) is 48.8 Å². The van der Waals surface area contributed by atoms with Crippen molar-refractivity contribution >= 4 is 5.91 Å². The predicted molar refractivity (Wildman–Crippen MR) is 118 cm³/mol. The minimum atomic E-state index is 0.00431. The Hall–Kier alpha value is -0.610. The van der Waals surface area contributed by atoms with Crippen molar-refractivity contribution in [3.05, 3.63) is 0 Å². The third-order valence-electron chi connectivity index (χ3n) is 7.64. The summed E-state index contributed by atoms with van der Waals surface area (Å²) in [6, 6.07) is 0. The Morgan fingerprint density at radius 3 is 2.52 bits per heavy atom. The molecule has 0 radical (unpaired) electrons. The molecular formula is C25H45NO3. The average molecular weight is 408 g/mol. The van der Waals surface area contributed by atoms with Gasteiger partial charge in [0.25, 0.3) is 0 Å². The molecule has 1 amide bonds. The van der Waals surface area contributed by atoms with Crippen molar-refractivity contribution in [2.45, 2.75) is 110 Å². The summed E-state index contributed by atoms with van der Waals surface area (Å²) in [7, 11) is 0. The van der Waals surface area contributed by atoms with Crippen LogP contribution in [-0.2, 0) is 14.3 Å². The Labute approximate surface area is 179 Å². The molecule has 2 aliphatic heterocycles. The highest BCUT2D eigenvalue weighted by Crippen LogP contribution is 2.40. The molecule has 3 atom stereocenters. The molecule has 4 heteroatoms. The van der Waals surface area contributed by atoms with E-state index in [4.69, 9.17) is 9.47 Å². The fourth-order valence-electron chi connectivity index (χ4n) is 5.98. The lowest BCUT2D eigenvalue weighted by Gasteiger charge is -2.41. The largest absolute Gasteiger partial charge is 0.376 e. The van der Waals surface area contributed by atoms with Gasteiger partial charge in [-0.3, -0.25) is 4.79 Å². The van der Waals surface area contributed by atoms with Crippen LogP contribution >= 0.6 is 0 Å². The van der Waals surface area contributed by atoms with E-state index >= 15 is 0 Å². The van der Waals surface area contributed by atoms with Crippen LogP contribution in [0.4, 0.5) is 0 Å². The summed E-state index contributed by atoms with van der Waals surface area (Å²) in [5.74, 6) is 2.65. The first-order chi connectivity index (χ1) is 14.0. The van der Waals surface area contributed by atoms with E-state index in [1.807, 2.05) is 6.92 Å². The number of carbonyl (C=O) groups is 1. The van der Waals surface area contributed by atoms with E-state index in [1.54, 1.807) is 0 Å². The molecule has 3 rings (SSSR count). The molecule has 0 aromatic heterocycles. The molecule has 29 heavy (non-hydrogen) atoms. The van der Waals surface area contributed by atoms with Gasteiger partial charge in [0.2, 0.25) is 5.91 Å². The summed E-state index contributed by atoms with van der Waals surface area (Å²) >= 11 is 0. The van der Waals surface area contributed by atoms with Crippen LogP contribution in [0.15, 0.2) is 0 Å². The van der Waals surface area contributed by atoms with Gasteiger partial charge in [0.15, 0.2) is 0 Å². The van der Waals surface area contributed by atoms with Crippen molar-refractivity contribution in [1.82, 2.24) is 4.90 Å². The fourth-order valence-corrected chi connectivity index (χ4v) is 5.98. The first kappa shape index (κ1) is 23.1. The van der Waals surface area contributed by atoms with Crippen molar-refractivity contribution in [3.8, 4) is 0 Å². The number of amides is 1. The summed E-state index contributed by atoms with van der Waals surface area (Å²) in [6.07, 6.45) is 15.0. The van der Waals surface area contributed by atoms with Crippen LogP contribution in [0, 0.1) is 17.8 Å². The first-order valence-electron chi connectivity index (χ1n) is 12.5. The second-order valence-corrected chi connectivity index (χ2v) is 10.5. The van der Waals surface area contributed by atoms with Gasteiger partial charge in [-0.2, -0.15) is 0 Å². The summed E-state index contributed by atoms with van der Waals surface area (Å²) in [4.78, 5) is 14.8. The minimum Gasteiger partial charge on any atom is -0.376 e. The summed E-state index contributed by atoms with van der Waals surface area (Å²) in [6.45, 7) is 9.95. The van der Waals surface area contributed by atoms with Gasteiger partial charge in [-0.15, -0.1) is 0 Å². The molecule has 4 nitrogen and oxygen atoms in total. The van der Waals surface area contributed by atoms with E-state index in [-0.39, 0.29) is 11.7 Å². The molecule has 3 aliphatic rings. The SMILES string of the molecule is CCC(=O)N(CCC(CC1CCCCC1)C1CCOC(C)(C)C1)CC1CCCO1. The molecular weight excluding hydrogens is 362 g/mol. The highest BCUT2D eigenvalue weighted by atomic mass is 16.5. The number of hydrogen-bond donors (Lipinski definition) is 0. The van der Waals surface area contributed by atoms with Crippen LogP contribution in [0.5, 0.6) is 0 Å². The third-order valence-corrected chi connectivity index (χ3v) is 7.64. The van der Waals surface area contributed by atoms with E-state index in [0.717, 1.165) is 69.7 Å². The number of hydrogen-bond acceptors (Lipinski definition) is 3. The number of nitrogens with zero attached hydrogens (tertiary/aromatic N) is 1. The third kappa shape index (κ3) is 7.24. The fraction of sp³-hybridized carbons (Fsp3) is 0.960. The lowest BCUT2D eigenvalue weighted by atomic mass is 9.72. The van der Waals surface area contributed by atoms with E-state index in [2.05, 4.69) is 18.7 Å². The molecule has 0 bridgehead atoms. The van der Waals surface area contributed by atoms with Gasteiger partial charge in [-0.25, -0.2) is 0 Å². The smallest absolute Gasteiger partial charge is 0.222 e. The highest BCUT2D eigenvalue weighted by Gasteiger charge is 2.35. The molecule has 1 saturated carbocycles. The van der Waals surface area contributed by atoms with E-state index in [0.29, 0.717) is 12.3 Å². The molecule has 168 valence electrons. The van der Waals surface area contributed by atoms with Gasteiger partial charge in [0.1, 0.15) is 0 Å². The maximum Gasteiger partial charge on any atom is 0.222 e. The van der Waals surface area contributed by atoms with Crippen molar-refractivity contribution in [3.63, 3.8) is 0 Å². The molecule has 3 unspecified atom stereocenters. The van der Waals surface area contributed by atoms with Crippen LogP contribution < -0.4 is 0 Å². The molecule has 0 aromatic carbocycles. The summed E-state index contributed by atoms with van der Waals surface area (Å²) < 4.78 is 11.9. The van der Waals surface area contributed by atoms with Crippen LogP contribution in [0.3, 0.4) is 0 Å². The van der Waals surface area contributed by atoms with Crippen molar-refractivity contribution in [1.29, 1.82) is 0 Å². The van der Waals surface area contributed by atoms with Gasteiger partial charge < -0.3 is 14.4 Å². The number of rotatable bonds is 9. The highest BCUT2D eigenvalue weighted by molar-refractivity contribution is 5.75. The van der Waals surface area contributed by atoms with E-state index in [1.165, 1.54) is 44.9 Å². The normalized spacial score (nSPS) is 28.9. The zero-order chi connectivity index (χ0) is 20.7. The first-order valence-corrected chi connectivity index (χ1v) is 12.5. The molecule has 0 N–H and O–H groups in total. The van der Waals surface area contributed by atoms with Gasteiger partial charge in [0, 0.05) is 32.7 Å². The standard InChI is InChI=1S/C25H45NO3/c1-4-24(27)26(19-23-11-8-15-28-23)14-12-21(17-20-9-6-5-7-10-20)22-13-16-29-25(2,3)18-22/h20-23H,4-19H2,1-3H3. The minimum absolute atomic E-state index is 0.00431. The van der Waals surface area contributed by atoms with Crippen molar-refractivity contribution in [2.24, 2.45) is 17.8 Å². The predicted octanol–water partition coefficient (Wildman–Crippen LogP) is 5.59. The maximum atomic E-state index is 12.6. The second-order valence-electron chi connectivity index (χ2n) is 10.5. The van der Waals surface area contributed by atoms with E-state index in [9.17, 15) is 4.79 Å². The molecule has 2 saturated heterocycles. The summed E-state index contributed by atoms with van der Waals surface area (Å²) in [5.41, 5.74) is 0.00431. The van der Waals surface area contributed by atoms with Gasteiger partial charge in [-0.05, 0) is 70.1 Å². The van der Waals surface area contributed by atoms with Gasteiger partial charge in [0.05, 0.1) is 11.7 Å². The van der Waals surface area contributed by atoms with Crippen LogP contribution in [0.2, 0.25) is 0 Å². The van der Waals surface area contributed by atoms with Crippen LogP contribution in [0.1, 0.15) is 97.8 Å². The zero-order valence-electron chi connectivity index (χ0n) is 19.3. The quantitative estimate of drug-likeness (QED) is 0.500. The summed E-state index contributed by atoms with van der Waals surface area (Å²) in [5, 5.41) is 0. The zero-order valence-corrected chi connectivity index (χ0v) is 19.3. The Morgan fingerprint density at radius 2 is 1.86 bits per heavy atom.